The lowest BCUT2D eigenvalue weighted by atomic mass is 10.1. The predicted molar refractivity (Wildman–Crippen MR) is 100 cm³/mol. The molecule has 0 saturated carbocycles. The Balaban J connectivity index is 2.71. The van der Waals surface area contributed by atoms with Crippen LogP contribution >= 0.6 is 0 Å². The van der Waals surface area contributed by atoms with Crippen LogP contribution in [0.2, 0.25) is 0 Å². The number of hydrogen-bond acceptors (Lipinski definition) is 5. The summed E-state index contributed by atoms with van der Waals surface area (Å²) in [6, 6.07) is 3.98. The summed E-state index contributed by atoms with van der Waals surface area (Å²) in [7, 11) is 0. The van der Waals surface area contributed by atoms with Gasteiger partial charge in [0.15, 0.2) is 0 Å². The average molecular weight is 424 g/mol. The van der Waals surface area contributed by atoms with Gasteiger partial charge in [0.1, 0.15) is 5.69 Å². The van der Waals surface area contributed by atoms with Gasteiger partial charge in [0, 0.05) is 18.9 Å². The van der Waals surface area contributed by atoms with Crippen molar-refractivity contribution in [3.63, 3.8) is 0 Å². The first-order valence-corrected chi connectivity index (χ1v) is 8.89. The van der Waals surface area contributed by atoms with E-state index in [0.29, 0.717) is 13.2 Å². The second-order valence-corrected chi connectivity index (χ2v) is 5.90. The van der Waals surface area contributed by atoms with Gasteiger partial charge in [0.05, 0.1) is 11.3 Å². The fourth-order valence-electron chi connectivity index (χ4n) is 2.56. The molecule has 0 saturated heterocycles. The quantitative estimate of drug-likeness (QED) is 0.566. The van der Waals surface area contributed by atoms with Crippen LogP contribution in [-0.2, 0) is 15.7 Å². The number of alkyl halides is 3. The Bertz CT molecular complexity index is 1050. The van der Waals surface area contributed by atoms with Crippen molar-refractivity contribution in [1.29, 1.82) is 0 Å². The first-order chi connectivity index (χ1) is 14.1. The maximum Gasteiger partial charge on any atom is 0.416 e. The van der Waals surface area contributed by atoms with Crippen LogP contribution in [0.25, 0.3) is 5.69 Å². The number of nitrogens with zero attached hydrogens (tertiary/aromatic N) is 2. The highest BCUT2D eigenvalue weighted by molar-refractivity contribution is 5.85. The third kappa shape index (κ3) is 5.25. The summed E-state index contributed by atoms with van der Waals surface area (Å²) >= 11 is 0. The molecule has 1 aromatic carbocycles. The summed E-state index contributed by atoms with van der Waals surface area (Å²) in [6.07, 6.45) is -5.55. The number of carboxylic acids is 1. The highest BCUT2D eigenvalue weighted by atomic mass is 19.4. The molecule has 0 aliphatic heterocycles. The summed E-state index contributed by atoms with van der Waals surface area (Å²) in [6.45, 7) is 5.47. The molecule has 2 aromatic rings. The van der Waals surface area contributed by atoms with E-state index in [4.69, 9.17) is 9.47 Å². The number of halogens is 3. The molecule has 0 fully saturated rings. The lowest BCUT2D eigenvalue weighted by Gasteiger charge is -2.14. The Labute approximate surface area is 170 Å². The molecule has 0 spiro atoms. The second-order valence-electron chi connectivity index (χ2n) is 5.90. The van der Waals surface area contributed by atoms with Crippen molar-refractivity contribution >= 4 is 5.97 Å². The fraction of sp³-hybridized carbons (Fsp3) is 0.350. The third-order valence-corrected chi connectivity index (χ3v) is 3.89. The zero-order chi connectivity index (χ0) is 22.5. The molecule has 2 rings (SSSR count). The van der Waals surface area contributed by atoms with Crippen molar-refractivity contribution in [3.8, 4) is 17.5 Å². The van der Waals surface area contributed by atoms with Gasteiger partial charge in [-0.2, -0.15) is 13.2 Å². The van der Waals surface area contributed by atoms with E-state index in [9.17, 15) is 27.9 Å². The van der Waals surface area contributed by atoms with Crippen LogP contribution in [0.1, 0.15) is 41.3 Å². The Kier molecular flexibility index (Phi) is 7.37. The van der Waals surface area contributed by atoms with Gasteiger partial charge in [0.2, 0.25) is 12.0 Å². The van der Waals surface area contributed by atoms with Crippen LogP contribution < -0.4 is 5.56 Å². The van der Waals surface area contributed by atoms with Crippen LogP contribution in [-0.4, -0.2) is 40.1 Å². The SMILES string of the molecule is CCOC(C#Cc1nc(C(=O)O)c(=O)n(-c2cccc(C(F)(F)F)c2)c1C)OCC. The van der Waals surface area contributed by atoms with Crippen LogP contribution in [0, 0.1) is 18.8 Å². The molecule has 1 heterocycles. The molecule has 0 aliphatic carbocycles. The molecule has 1 aromatic heterocycles. The number of carboxylic acid groups (broad SMARTS) is 1. The first kappa shape index (κ1) is 23.1. The summed E-state index contributed by atoms with van der Waals surface area (Å²) in [5.74, 6) is 3.61. The van der Waals surface area contributed by atoms with Crippen molar-refractivity contribution in [2.75, 3.05) is 13.2 Å². The van der Waals surface area contributed by atoms with Crippen LogP contribution in [0.3, 0.4) is 0 Å². The molecule has 0 bridgehead atoms. The highest BCUT2D eigenvalue weighted by Crippen LogP contribution is 2.30. The maximum atomic E-state index is 13.1. The lowest BCUT2D eigenvalue weighted by Crippen LogP contribution is -2.30. The number of rotatable bonds is 6. The van der Waals surface area contributed by atoms with Crippen molar-refractivity contribution < 1.29 is 32.5 Å². The average Bonchev–Trinajstić information content (AvgIpc) is 2.67. The Morgan fingerprint density at radius 3 is 2.43 bits per heavy atom. The van der Waals surface area contributed by atoms with E-state index in [-0.39, 0.29) is 17.1 Å². The van der Waals surface area contributed by atoms with Gasteiger partial charge < -0.3 is 14.6 Å². The number of hydrogen-bond donors (Lipinski definition) is 1. The van der Waals surface area contributed by atoms with Crippen LogP contribution in [0.5, 0.6) is 0 Å². The number of aromatic carboxylic acids is 1. The second kappa shape index (κ2) is 9.56. The molecule has 1 N–H and O–H groups in total. The Morgan fingerprint density at radius 1 is 1.27 bits per heavy atom. The van der Waals surface area contributed by atoms with E-state index in [1.165, 1.54) is 13.0 Å². The third-order valence-electron chi connectivity index (χ3n) is 3.89. The maximum absolute atomic E-state index is 13.1. The molecule has 0 aliphatic rings. The van der Waals surface area contributed by atoms with Gasteiger partial charge in [-0.25, -0.2) is 9.78 Å². The summed E-state index contributed by atoms with van der Waals surface area (Å²) in [4.78, 5) is 27.9. The molecule has 0 amide bonds. The lowest BCUT2D eigenvalue weighted by molar-refractivity contribution is -0.137. The standard InChI is InChI=1S/C20H19F3N2O5/c1-4-29-16(30-5-2)10-9-15-12(3)25(18(26)17(24-15)19(27)28)14-8-6-7-13(11-14)20(21,22)23/h6-8,11,16H,4-5H2,1-3H3,(H,27,28). The minimum Gasteiger partial charge on any atom is -0.476 e. The van der Waals surface area contributed by atoms with Gasteiger partial charge in [-0.3, -0.25) is 9.36 Å². The molecule has 0 atom stereocenters. The molecule has 10 heteroatoms. The molecular weight excluding hydrogens is 405 g/mol. The monoisotopic (exact) mass is 424 g/mol. The van der Waals surface area contributed by atoms with E-state index in [1.807, 2.05) is 0 Å². The number of aromatic nitrogens is 2. The van der Waals surface area contributed by atoms with E-state index in [1.54, 1.807) is 13.8 Å². The predicted octanol–water partition coefficient (Wildman–Crippen LogP) is 3.01. The fourth-order valence-corrected chi connectivity index (χ4v) is 2.56. The number of ether oxygens (including phenoxy) is 2. The smallest absolute Gasteiger partial charge is 0.416 e. The van der Waals surface area contributed by atoms with Crippen molar-refractivity contribution in [3.05, 3.63) is 57.3 Å². The zero-order valence-electron chi connectivity index (χ0n) is 16.4. The van der Waals surface area contributed by atoms with Gasteiger partial charge in [-0.15, -0.1) is 0 Å². The minimum absolute atomic E-state index is 0.0728. The number of carbonyl (C=O) groups is 1. The number of benzene rings is 1. The van der Waals surface area contributed by atoms with Crippen molar-refractivity contribution in [2.24, 2.45) is 0 Å². The largest absolute Gasteiger partial charge is 0.476 e. The van der Waals surface area contributed by atoms with E-state index < -0.39 is 35.3 Å². The van der Waals surface area contributed by atoms with Crippen LogP contribution in [0.15, 0.2) is 29.1 Å². The molecule has 160 valence electrons. The molecular formula is C20H19F3N2O5. The Morgan fingerprint density at radius 2 is 1.90 bits per heavy atom. The molecule has 7 nitrogen and oxygen atoms in total. The van der Waals surface area contributed by atoms with Gasteiger partial charge in [-0.05, 0) is 50.8 Å². The summed E-state index contributed by atoms with van der Waals surface area (Å²) in [5, 5.41) is 9.33. The highest BCUT2D eigenvalue weighted by Gasteiger charge is 2.31. The molecule has 0 radical (unpaired) electrons. The Hall–Kier alpha value is -3.16. The molecule has 30 heavy (non-hydrogen) atoms. The van der Waals surface area contributed by atoms with E-state index >= 15 is 0 Å². The van der Waals surface area contributed by atoms with E-state index in [0.717, 1.165) is 22.8 Å². The minimum atomic E-state index is -4.64. The van der Waals surface area contributed by atoms with Crippen molar-refractivity contribution in [2.45, 2.75) is 33.2 Å². The summed E-state index contributed by atoms with van der Waals surface area (Å²) in [5.41, 5.74) is -3.12. The molecule has 0 unspecified atom stereocenters. The van der Waals surface area contributed by atoms with Crippen LogP contribution in [0.4, 0.5) is 13.2 Å². The van der Waals surface area contributed by atoms with Gasteiger partial charge >= 0.3 is 12.1 Å². The van der Waals surface area contributed by atoms with Gasteiger partial charge in [0.25, 0.3) is 5.56 Å². The first-order valence-electron chi connectivity index (χ1n) is 8.89. The van der Waals surface area contributed by atoms with E-state index in [2.05, 4.69) is 16.8 Å². The van der Waals surface area contributed by atoms with Crippen molar-refractivity contribution in [1.82, 2.24) is 9.55 Å². The zero-order valence-corrected chi connectivity index (χ0v) is 16.4. The topological polar surface area (TPSA) is 90.7 Å². The van der Waals surface area contributed by atoms with Gasteiger partial charge in [-0.1, -0.05) is 6.07 Å². The normalized spacial score (nSPS) is 11.3. The summed E-state index contributed by atoms with van der Waals surface area (Å²) < 4.78 is 50.6.